The molecule has 1 N–H and O–H groups in total. The maximum atomic E-state index is 11.7. The highest BCUT2D eigenvalue weighted by molar-refractivity contribution is 5.91. The molecule has 0 bridgehead atoms. The Bertz CT molecular complexity index is 875. The molecule has 0 spiro atoms. The second kappa shape index (κ2) is 11.7. The maximum Gasteiger partial charge on any atom is 0.339 e. The van der Waals surface area contributed by atoms with Crippen molar-refractivity contribution >= 4 is 5.97 Å². The van der Waals surface area contributed by atoms with E-state index in [0.29, 0.717) is 17.4 Å². The zero-order chi connectivity index (χ0) is 23.0. The van der Waals surface area contributed by atoms with Crippen molar-refractivity contribution in [2.75, 3.05) is 0 Å². The molecule has 4 rings (SSSR count). The largest absolute Gasteiger partial charge is 0.478 e. The summed E-state index contributed by atoms with van der Waals surface area (Å²) in [6.45, 7) is 2.30. The van der Waals surface area contributed by atoms with Crippen LogP contribution in [0, 0.1) is 17.8 Å². The topological polar surface area (TPSA) is 46.5 Å². The Hall–Kier alpha value is -2.29. The molecule has 0 radical (unpaired) electrons. The summed E-state index contributed by atoms with van der Waals surface area (Å²) in [6, 6.07) is 15.2. The molecule has 2 aliphatic carbocycles. The summed E-state index contributed by atoms with van der Waals surface area (Å²) in [5.41, 5.74) is 1.45. The van der Waals surface area contributed by atoms with Crippen LogP contribution in [0.1, 0.15) is 106 Å². The lowest BCUT2D eigenvalue weighted by Crippen LogP contribution is -2.25. The number of hydrogen-bond acceptors (Lipinski definition) is 2. The van der Waals surface area contributed by atoms with Gasteiger partial charge in [0.25, 0.3) is 0 Å². The third kappa shape index (κ3) is 6.40. The Morgan fingerprint density at radius 3 is 2.18 bits per heavy atom. The molecule has 2 saturated carbocycles. The minimum atomic E-state index is -0.943. The van der Waals surface area contributed by atoms with E-state index in [9.17, 15) is 9.90 Å². The molecule has 0 unspecified atom stereocenters. The quantitative estimate of drug-likeness (QED) is 0.390. The van der Waals surface area contributed by atoms with E-state index in [1.807, 2.05) is 42.5 Å². The Morgan fingerprint density at radius 1 is 0.879 bits per heavy atom. The molecule has 0 aliphatic heterocycles. The third-order valence-electron chi connectivity index (χ3n) is 8.22. The third-order valence-corrected chi connectivity index (χ3v) is 8.22. The SMILES string of the molecule is CCCCCC1CCC(C2CCC(c3ccc(C(=O)O)c(Oc4ccccc4)c3)CC2)CC1. The van der Waals surface area contributed by atoms with Crippen LogP contribution in [-0.4, -0.2) is 11.1 Å². The summed E-state index contributed by atoms with van der Waals surface area (Å²) in [4.78, 5) is 11.7. The molecule has 178 valence electrons. The average molecular weight is 449 g/mol. The summed E-state index contributed by atoms with van der Waals surface area (Å²) in [7, 11) is 0. The van der Waals surface area contributed by atoms with Gasteiger partial charge in [-0.15, -0.1) is 0 Å². The van der Waals surface area contributed by atoms with E-state index in [1.54, 1.807) is 6.07 Å². The van der Waals surface area contributed by atoms with E-state index >= 15 is 0 Å². The second-order valence-electron chi connectivity index (χ2n) is 10.4. The van der Waals surface area contributed by atoms with Crippen molar-refractivity contribution in [3.8, 4) is 11.5 Å². The highest BCUT2D eigenvalue weighted by Crippen LogP contribution is 2.45. The zero-order valence-corrected chi connectivity index (χ0v) is 20.2. The molecule has 2 aromatic carbocycles. The van der Waals surface area contributed by atoms with Crippen LogP contribution in [0.25, 0.3) is 0 Å². The normalized spacial score (nSPS) is 25.5. The molecular formula is C30H40O3. The van der Waals surface area contributed by atoms with Crippen molar-refractivity contribution in [2.45, 2.75) is 89.9 Å². The van der Waals surface area contributed by atoms with Crippen LogP contribution in [0.5, 0.6) is 11.5 Å². The molecule has 0 atom stereocenters. The van der Waals surface area contributed by atoms with Crippen molar-refractivity contribution in [3.05, 3.63) is 59.7 Å². The molecule has 2 aromatic rings. The van der Waals surface area contributed by atoms with Crippen LogP contribution >= 0.6 is 0 Å². The van der Waals surface area contributed by atoms with Crippen molar-refractivity contribution < 1.29 is 14.6 Å². The Labute approximate surface area is 199 Å². The molecule has 0 aromatic heterocycles. The fourth-order valence-corrected chi connectivity index (χ4v) is 6.22. The monoisotopic (exact) mass is 448 g/mol. The van der Waals surface area contributed by atoms with Gasteiger partial charge in [-0.25, -0.2) is 4.79 Å². The first-order valence-corrected chi connectivity index (χ1v) is 13.2. The highest BCUT2D eigenvalue weighted by atomic mass is 16.5. The van der Waals surface area contributed by atoms with Crippen molar-refractivity contribution in [3.63, 3.8) is 0 Å². The van der Waals surface area contributed by atoms with E-state index in [4.69, 9.17) is 4.74 Å². The van der Waals surface area contributed by atoms with Crippen LogP contribution in [0.4, 0.5) is 0 Å². The number of ether oxygens (including phenoxy) is 1. The number of rotatable bonds is 9. The van der Waals surface area contributed by atoms with Gasteiger partial charge in [-0.05, 0) is 92.0 Å². The van der Waals surface area contributed by atoms with E-state index < -0.39 is 5.97 Å². The number of aromatic carboxylic acids is 1. The van der Waals surface area contributed by atoms with Crippen molar-refractivity contribution in [2.24, 2.45) is 17.8 Å². The Kier molecular flexibility index (Phi) is 8.47. The average Bonchev–Trinajstić information content (AvgIpc) is 2.85. The van der Waals surface area contributed by atoms with Gasteiger partial charge in [0.15, 0.2) is 0 Å². The van der Waals surface area contributed by atoms with Crippen LogP contribution in [0.3, 0.4) is 0 Å². The van der Waals surface area contributed by atoms with Gasteiger partial charge in [-0.3, -0.25) is 0 Å². The van der Waals surface area contributed by atoms with E-state index in [1.165, 1.54) is 82.6 Å². The van der Waals surface area contributed by atoms with E-state index in [-0.39, 0.29) is 5.56 Å². The van der Waals surface area contributed by atoms with Crippen LogP contribution in [-0.2, 0) is 0 Å². The lowest BCUT2D eigenvalue weighted by Gasteiger charge is -2.38. The van der Waals surface area contributed by atoms with Gasteiger partial charge >= 0.3 is 5.97 Å². The molecule has 0 saturated heterocycles. The smallest absolute Gasteiger partial charge is 0.339 e. The molecule has 3 nitrogen and oxygen atoms in total. The van der Waals surface area contributed by atoms with Gasteiger partial charge in [0.2, 0.25) is 0 Å². The predicted octanol–water partition coefficient (Wildman–Crippen LogP) is 8.84. The Morgan fingerprint density at radius 2 is 1.55 bits per heavy atom. The molecule has 3 heteroatoms. The van der Waals surface area contributed by atoms with Crippen LogP contribution in [0.2, 0.25) is 0 Å². The first-order chi connectivity index (χ1) is 16.1. The number of para-hydroxylation sites is 1. The minimum Gasteiger partial charge on any atom is -0.478 e. The molecule has 2 aliphatic rings. The van der Waals surface area contributed by atoms with Gasteiger partial charge in [0.1, 0.15) is 17.1 Å². The summed E-state index contributed by atoms with van der Waals surface area (Å²) >= 11 is 0. The zero-order valence-electron chi connectivity index (χ0n) is 20.2. The van der Waals surface area contributed by atoms with Gasteiger partial charge < -0.3 is 9.84 Å². The van der Waals surface area contributed by atoms with Gasteiger partial charge in [-0.2, -0.15) is 0 Å². The number of carboxylic acid groups (broad SMARTS) is 1. The fraction of sp³-hybridized carbons (Fsp3) is 0.567. The summed E-state index contributed by atoms with van der Waals surface area (Å²) in [6.07, 6.45) is 16.4. The molecule has 2 fully saturated rings. The van der Waals surface area contributed by atoms with E-state index in [0.717, 1.165) is 17.8 Å². The van der Waals surface area contributed by atoms with E-state index in [2.05, 4.69) is 6.92 Å². The molecule has 0 heterocycles. The second-order valence-corrected chi connectivity index (χ2v) is 10.4. The number of carbonyl (C=O) groups is 1. The number of benzene rings is 2. The van der Waals surface area contributed by atoms with Gasteiger partial charge in [0, 0.05) is 0 Å². The fourth-order valence-electron chi connectivity index (χ4n) is 6.22. The minimum absolute atomic E-state index is 0.229. The molecular weight excluding hydrogens is 408 g/mol. The highest BCUT2D eigenvalue weighted by Gasteiger charge is 2.31. The maximum absolute atomic E-state index is 11.7. The van der Waals surface area contributed by atoms with Crippen molar-refractivity contribution in [1.82, 2.24) is 0 Å². The summed E-state index contributed by atoms with van der Waals surface area (Å²) in [5.74, 6) is 3.49. The summed E-state index contributed by atoms with van der Waals surface area (Å²) in [5, 5.41) is 9.62. The molecule has 33 heavy (non-hydrogen) atoms. The van der Waals surface area contributed by atoms with Crippen LogP contribution < -0.4 is 4.74 Å². The number of unbranched alkanes of at least 4 members (excludes halogenated alkanes) is 2. The first-order valence-electron chi connectivity index (χ1n) is 13.2. The van der Waals surface area contributed by atoms with Gasteiger partial charge in [0.05, 0.1) is 0 Å². The number of carboxylic acids is 1. The van der Waals surface area contributed by atoms with Gasteiger partial charge in [-0.1, -0.05) is 69.7 Å². The predicted molar refractivity (Wildman–Crippen MR) is 134 cm³/mol. The Balaban J connectivity index is 1.33. The molecule has 0 amide bonds. The number of hydrogen-bond donors (Lipinski definition) is 1. The van der Waals surface area contributed by atoms with Crippen molar-refractivity contribution in [1.29, 1.82) is 0 Å². The lowest BCUT2D eigenvalue weighted by molar-refractivity contribution is 0.0694. The standard InChI is InChI=1S/C30H40O3/c1-2-3-5-8-22-11-13-23(14-12-22)24-15-17-25(18-16-24)26-19-20-28(30(31)32)29(21-26)33-27-9-6-4-7-10-27/h4,6-7,9-10,19-25H,2-3,5,8,11-18H2,1H3,(H,31,32). The van der Waals surface area contributed by atoms with Crippen LogP contribution in [0.15, 0.2) is 48.5 Å². The lowest BCUT2D eigenvalue weighted by atomic mass is 9.68. The summed E-state index contributed by atoms with van der Waals surface area (Å²) < 4.78 is 5.98. The first kappa shape index (κ1) is 23.9.